The lowest BCUT2D eigenvalue weighted by Gasteiger charge is -2.02. The first-order valence-electron chi connectivity index (χ1n) is 7.12. The molecule has 0 fully saturated rings. The third kappa shape index (κ3) is 5.71. The second-order valence-electron chi connectivity index (χ2n) is 4.50. The number of aliphatic imine (C=N–C) groups is 1. The first-order chi connectivity index (χ1) is 10.7. The molecule has 1 aromatic rings. The van der Waals surface area contributed by atoms with Gasteiger partial charge in [-0.25, -0.2) is 0 Å². The molecule has 0 bridgehead atoms. The van der Waals surface area contributed by atoms with E-state index in [0.717, 1.165) is 22.4 Å². The molecule has 0 aromatic carbocycles. The van der Waals surface area contributed by atoms with Crippen LogP contribution < -0.4 is 0 Å². The van der Waals surface area contributed by atoms with Gasteiger partial charge in [0.2, 0.25) is 0 Å². The van der Waals surface area contributed by atoms with Gasteiger partial charge in [0.15, 0.2) is 0 Å². The molecule has 0 aliphatic rings. The van der Waals surface area contributed by atoms with Crippen molar-refractivity contribution in [1.82, 2.24) is 4.98 Å². The minimum absolute atomic E-state index is 0.883. The quantitative estimate of drug-likeness (QED) is 0.493. The Hall–Kier alpha value is -2.74. The normalized spacial score (nSPS) is 13.8. The van der Waals surface area contributed by atoms with Gasteiger partial charge in [-0.1, -0.05) is 55.7 Å². The summed E-state index contributed by atoms with van der Waals surface area (Å²) in [5.41, 5.74) is 4.07. The van der Waals surface area contributed by atoms with Crippen LogP contribution in [0.3, 0.4) is 0 Å². The molecular weight excluding hydrogens is 268 g/mol. The van der Waals surface area contributed by atoms with Gasteiger partial charge >= 0.3 is 0 Å². The van der Waals surface area contributed by atoms with E-state index in [2.05, 4.69) is 23.1 Å². The van der Waals surface area contributed by atoms with Gasteiger partial charge in [0.05, 0.1) is 5.70 Å². The Morgan fingerprint density at radius 3 is 2.64 bits per heavy atom. The van der Waals surface area contributed by atoms with Gasteiger partial charge in [-0.15, -0.1) is 0 Å². The van der Waals surface area contributed by atoms with Crippen LogP contribution in [0.4, 0.5) is 0 Å². The van der Waals surface area contributed by atoms with Crippen molar-refractivity contribution >= 4 is 11.8 Å². The van der Waals surface area contributed by atoms with E-state index in [9.17, 15) is 0 Å². The van der Waals surface area contributed by atoms with E-state index in [-0.39, 0.29) is 0 Å². The summed E-state index contributed by atoms with van der Waals surface area (Å²) in [7, 11) is 0. The fraction of sp³-hybridized carbons (Fsp3) is 0.100. The average molecular weight is 290 g/mol. The van der Waals surface area contributed by atoms with E-state index < -0.39 is 0 Å². The van der Waals surface area contributed by atoms with Crippen molar-refractivity contribution in [2.24, 2.45) is 4.99 Å². The molecular formula is C20H22N2. The highest BCUT2D eigenvalue weighted by atomic mass is 14.7. The molecule has 0 radical (unpaired) electrons. The minimum Gasteiger partial charge on any atom is -0.264 e. The summed E-state index contributed by atoms with van der Waals surface area (Å²) in [4.78, 5) is 8.63. The molecule has 2 heteroatoms. The minimum atomic E-state index is 0.883. The Morgan fingerprint density at radius 2 is 2.05 bits per heavy atom. The highest BCUT2D eigenvalue weighted by Gasteiger charge is 1.97. The zero-order valence-corrected chi connectivity index (χ0v) is 13.2. The van der Waals surface area contributed by atoms with Crippen LogP contribution in [0.5, 0.6) is 0 Å². The van der Waals surface area contributed by atoms with Crippen LogP contribution in [0, 0.1) is 0 Å². The number of allylic oxidation sites excluding steroid dienone is 8. The number of hydrogen-bond donors (Lipinski definition) is 0. The molecule has 0 atom stereocenters. The molecule has 0 unspecified atom stereocenters. The smallest absolute Gasteiger partial charge is 0.0659 e. The van der Waals surface area contributed by atoms with Crippen molar-refractivity contribution in [2.45, 2.75) is 13.8 Å². The zero-order chi connectivity index (χ0) is 16.2. The fourth-order valence-corrected chi connectivity index (χ4v) is 1.76. The van der Waals surface area contributed by atoms with Crippen LogP contribution in [-0.4, -0.2) is 11.2 Å². The molecule has 22 heavy (non-hydrogen) atoms. The molecule has 2 nitrogen and oxygen atoms in total. The van der Waals surface area contributed by atoms with Crippen molar-refractivity contribution < 1.29 is 0 Å². The standard InChI is InChI=1S/C20H22N2/c1-5-8-11-18(10-6-2)20(7-3)22-15-13-17(4)19-12-9-14-21-16-19/h5-16H,1-2H2,3-4H3/b11-8-,17-13+,18-10+,20-7-,22-15-. The molecule has 0 aliphatic carbocycles. The molecule has 0 N–H and O–H groups in total. The third-order valence-electron chi connectivity index (χ3n) is 2.93. The summed E-state index contributed by atoms with van der Waals surface area (Å²) in [5.74, 6) is 0. The topological polar surface area (TPSA) is 25.2 Å². The summed E-state index contributed by atoms with van der Waals surface area (Å²) in [6.45, 7) is 11.4. The highest BCUT2D eigenvalue weighted by molar-refractivity contribution is 5.84. The van der Waals surface area contributed by atoms with E-state index in [0.29, 0.717) is 0 Å². The predicted octanol–water partition coefficient (Wildman–Crippen LogP) is 5.31. The molecule has 0 amide bonds. The van der Waals surface area contributed by atoms with Crippen molar-refractivity contribution in [2.75, 3.05) is 0 Å². The Balaban J connectivity index is 2.94. The maximum Gasteiger partial charge on any atom is 0.0659 e. The molecule has 1 aromatic heterocycles. The van der Waals surface area contributed by atoms with Gasteiger partial charge < -0.3 is 0 Å². The molecule has 1 heterocycles. The molecule has 0 saturated heterocycles. The first-order valence-corrected chi connectivity index (χ1v) is 7.12. The summed E-state index contributed by atoms with van der Waals surface area (Å²) in [5, 5.41) is 0. The highest BCUT2D eigenvalue weighted by Crippen LogP contribution is 2.14. The number of rotatable bonds is 7. The summed E-state index contributed by atoms with van der Waals surface area (Å²) in [6.07, 6.45) is 18.6. The lowest BCUT2D eigenvalue weighted by Crippen LogP contribution is -1.85. The number of pyridine rings is 1. The van der Waals surface area contributed by atoms with Gasteiger partial charge in [0.25, 0.3) is 0 Å². The fourth-order valence-electron chi connectivity index (χ4n) is 1.76. The second-order valence-corrected chi connectivity index (χ2v) is 4.50. The Bertz CT molecular complexity index is 642. The van der Waals surface area contributed by atoms with Crippen molar-refractivity contribution in [3.05, 3.63) is 97.1 Å². The van der Waals surface area contributed by atoms with Crippen LogP contribution >= 0.6 is 0 Å². The Morgan fingerprint density at radius 1 is 1.23 bits per heavy atom. The van der Waals surface area contributed by atoms with E-state index in [1.54, 1.807) is 24.6 Å². The van der Waals surface area contributed by atoms with Gasteiger partial charge in [-0.3, -0.25) is 9.98 Å². The zero-order valence-electron chi connectivity index (χ0n) is 13.2. The van der Waals surface area contributed by atoms with E-state index in [1.807, 2.05) is 62.6 Å². The van der Waals surface area contributed by atoms with Gasteiger partial charge in [-0.2, -0.15) is 0 Å². The molecule has 0 aliphatic heterocycles. The van der Waals surface area contributed by atoms with Crippen molar-refractivity contribution in [3.63, 3.8) is 0 Å². The lowest BCUT2D eigenvalue weighted by molar-refractivity contribution is 1.30. The summed E-state index contributed by atoms with van der Waals surface area (Å²) < 4.78 is 0. The average Bonchev–Trinajstić information content (AvgIpc) is 2.56. The SMILES string of the molecule is C=C\C=C/C(=C\C=C)C(=C/C)/N=C\C=C(/C)c1cccnc1. The van der Waals surface area contributed by atoms with Gasteiger partial charge in [0, 0.05) is 18.6 Å². The molecule has 0 saturated carbocycles. The Kier molecular flexibility index (Phi) is 7.91. The van der Waals surface area contributed by atoms with Crippen molar-refractivity contribution in [3.8, 4) is 0 Å². The molecule has 1 rings (SSSR count). The molecule has 112 valence electrons. The maximum absolute atomic E-state index is 4.52. The van der Waals surface area contributed by atoms with Crippen molar-refractivity contribution in [1.29, 1.82) is 0 Å². The van der Waals surface area contributed by atoms with E-state index >= 15 is 0 Å². The van der Waals surface area contributed by atoms with E-state index in [1.165, 1.54) is 0 Å². The summed E-state index contributed by atoms with van der Waals surface area (Å²) >= 11 is 0. The van der Waals surface area contributed by atoms with Crippen LogP contribution in [0.2, 0.25) is 0 Å². The van der Waals surface area contributed by atoms with Gasteiger partial charge in [-0.05, 0) is 42.7 Å². The van der Waals surface area contributed by atoms with Crippen LogP contribution in [-0.2, 0) is 0 Å². The number of hydrogen-bond acceptors (Lipinski definition) is 2. The first kappa shape index (κ1) is 17.3. The van der Waals surface area contributed by atoms with Crippen LogP contribution in [0.15, 0.2) is 96.5 Å². The maximum atomic E-state index is 4.52. The van der Waals surface area contributed by atoms with Crippen LogP contribution in [0.1, 0.15) is 19.4 Å². The Labute approximate surface area is 133 Å². The monoisotopic (exact) mass is 290 g/mol. The molecule has 0 spiro atoms. The van der Waals surface area contributed by atoms with Crippen LogP contribution in [0.25, 0.3) is 5.57 Å². The third-order valence-corrected chi connectivity index (χ3v) is 2.93. The predicted molar refractivity (Wildman–Crippen MR) is 97.8 cm³/mol. The number of nitrogens with zero attached hydrogens (tertiary/aromatic N) is 2. The van der Waals surface area contributed by atoms with E-state index in [4.69, 9.17) is 0 Å². The number of aromatic nitrogens is 1. The lowest BCUT2D eigenvalue weighted by atomic mass is 10.1. The summed E-state index contributed by atoms with van der Waals surface area (Å²) in [6, 6.07) is 3.95. The second kappa shape index (κ2) is 10.1. The van der Waals surface area contributed by atoms with Gasteiger partial charge in [0.1, 0.15) is 0 Å². The largest absolute Gasteiger partial charge is 0.264 e.